The quantitative estimate of drug-likeness (QED) is 0.476. The van der Waals surface area contributed by atoms with Gasteiger partial charge in [-0.2, -0.15) is 0 Å². The van der Waals surface area contributed by atoms with Crippen LogP contribution in [0.3, 0.4) is 0 Å². The molecule has 2 aromatic heterocycles. The molecule has 0 radical (unpaired) electrons. The van der Waals surface area contributed by atoms with E-state index in [4.69, 9.17) is 16.3 Å². The van der Waals surface area contributed by atoms with Crippen LogP contribution in [0.5, 0.6) is 11.6 Å². The molecule has 4 aromatic rings. The summed E-state index contributed by atoms with van der Waals surface area (Å²) in [6.07, 6.45) is 1.73. The monoisotopic (exact) mass is 363 g/mol. The van der Waals surface area contributed by atoms with Gasteiger partial charge in [0.2, 0.25) is 5.88 Å². The number of rotatable bonds is 4. The first-order valence-electron chi connectivity index (χ1n) is 8.00. The lowest BCUT2D eigenvalue weighted by molar-refractivity contribution is 0.101. The van der Waals surface area contributed by atoms with Crippen LogP contribution in [0.1, 0.15) is 17.3 Å². The number of nitrogens with zero attached hydrogens (tertiary/aromatic N) is 3. The molecule has 0 aliphatic carbocycles. The van der Waals surface area contributed by atoms with E-state index < -0.39 is 0 Å². The van der Waals surface area contributed by atoms with Crippen molar-refractivity contribution in [1.29, 1.82) is 0 Å². The van der Waals surface area contributed by atoms with Crippen LogP contribution in [-0.2, 0) is 0 Å². The average Bonchev–Trinajstić information content (AvgIpc) is 3.05. The number of carbonyl (C=O) groups excluding carboxylic acids is 1. The minimum atomic E-state index is 0.0126. The van der Waals surface area contributed by atoms with Gasteiger partial charge in [-0.1, -0.05) is 35.9 Å². The van der Waals surface area contributed by atoms with Crippen LogP contribution >= 0.6 is 11.6 Å². The number of halogens is 1. The highest BCUT2D eigenvalue weighted by molar-refractivity contribution is 6.30. The summed E-state index contributed by atoms with van der Waals surface area (Å²) in [5.74, 6) is 1.03. The van der Waals surface area contributed by atoms with Crippen molar-refractivity contribution in [3.05, 3.63) is 77.4 Å². The van der Waals surface area contributed by atoms with Crippen molar-refractivity contribution in [2.45, 2.75) is 6.92 Å². The summed E-state index contributed by atoms with van der Waals surface area (Å²) in [4.78, 5) is 16.0. The lowest BCUT2D eigenvalue weighted by atomic mass is 10.1. The largest absolute Gasteiger partial charge is 0.438 e. The van der Waals surface area contributed by atoms with Gasteiger partial charge in [-0.3, -0.25) is 4.79 Å². The second kappa shape index (κ2) is 6.61. The van der Waals surface area contributed by atoms with Gasteiger partial charge in [0, 0.05) is 22.2 Å². The number of ketones is 1. The SMILES string of the molecule is CC(=O)c1cccc(-c2cnc3ccc(Oc4cccc(Cl)c4)nn23)c1. The van der Waals surface area contributed by atoms with Gasteiger partial charge in [0.15, 0.2) is 11.4 Å². The van der Waals surface area contributed by atoms with Crippen molar-refractivity contribution in [2.24, 2.45) is 0 Å². The Labute approximate surface area is 154 Å². The predicted octanol–water partition coefficient (Wildman–Crippen LogP) is 5.04. The minimum absolute atomic E-state index is 0.0126. The Morgan fingerprint density at radius 2 is 1.92 bits per heavy atom. The molecule has 6 heteroatoms. The van der Waals surface area contributed by atoms with E-state index >= 15 is 0 Å². The Morgan fingerprint density at radius 1 is 1.08 bits per heavy atom. The molecule has 0 atom stereocenters. The molecule has 26 heavy (non-hydrogen) atoms. The third-order valence-corrected chi connectivity index (χ3v) is 4.16. The third-order valence-electron chi connectivity index (χ3n) is 3.92. The van der Waals surface area contributed by atoms with Crippen LogP contribution in [0.4, 0.5) is 0 Å². The predicted molar refractivity (Wildman–Crippen MR) is 100.0 cm³/mol. The lowest BCUT2D eigenvalue weighted by Gasteiger charge is -2.07. The summed E-state index contributed by atoms with van der Waals surface area (Å²) >= 11 is 5.99. The van der Waals surface area contributed by atoms with E-state index in [1.54, 1.807) is 41.9 Å². The summed E-state index contributed by atoms with van der Waals surface area (Å²) in [5.41, 5.74) is 2.97. The Balaban J connectivity index is 1.75. The van der Waals surface area contributed by atoms with Crippen LogP contribution in [0.15, 0.2) is 66.9 Å². The molecule has 2 heterocycles. The number of hydrogen-bond acceptors (Lipinski definition) is 4. The van der Waals surface area contributed by atoms with E-state index in [-0.39, 0.29) is 5.78 Å². The molecule has 2 aromatic carbocycles. The summed E-state index contributed by atoms with van der Waals surface area (Å²) < 4.78 is 7.48. The summed E-state index contributed by atoms with van der Waals surface area (Å²) in [6.45, 7) is 1.54. The van der Waals surface area contributed by atoms with Crippen molar-refractivity contribution >= 4 is 23.0 Å². The molecule has 0 aliphatic rings. The van der Waals surface area contributed by atoms with Gasteiger partial charge in [0.05, 0.1) is 11.9 Å². The van der Waals surface area contributed by atoms with E-state index in [0.29, 0.717) is 27.9 Å². The van der Waals surface area contributed by atoms with E-state index in [2.05, 4.69) is 10.1 Å². The highest BCUT2D eigenvalue weighted by Crippen LogP contribution is 2.25. The molecule has 0 N–H and O–H groups in total. The zero-order chi connectivity index (χ0) is 18.1. The highest BCUT2D eigenvalue weighted by Gasteiger charge is 2.10. The first kappa shape index (κ1) is 16.3. The van der Waals surface area contributed by atoms with Gasteiger partial charge >= 0.3 is 0 Å². The molecule has 0 aliphatic heterocycles. The van der Waals surface area contributed by atoms with Crippen LogP contribution < -0.4 is 4.74 Å². The Bertz CT molecular complexity index is 1120. The summed E-state index contributed by atoms with van der Waals surface area (Å²) in [5, 5.41) is 5.11. The van der Waals surface area contributed by atoms with Gasteiger partial charge < -0.3 is 4.74 Å². The Hall–Kier alpha value is -3.18. The topological polar surface area (TPSA) is 56.5 Å². The van der Waals surface area contributed by atoms with Gasteiger partial charge in [0.1, 0.15) is 5.75 Å². The van der Waals surface area contributed by atoms with Crippen molar-refractivity contribution in [1.82, 2.24) is 14.6 Å². The molecule has 5 nitrogen and oxygen atoms in total. The average molecular weight is 364 g/mol. The van der Waals surface area contributed by atoms with E-state index in [1.807, 2.05) is 36.4 Å². The van der Waals surface area contributed by atoms with Crippen LogP contribution in [0.2, 0.25) is 5.02 Å². The number of fused-ring (bicyclic) bond motifs is 1. The minimum Gasteiger partial charge on any atom is -0.438 e. The molecule has 4 rings (SSSR count). The molecule has 0 saturated heterocycles. The number of ether oxygens (including phenoxy) is 1. The zero-order valence-corrected chi connectivity index (χ0v) is 14.6. The van der Waals surface area contributed by atoms with Gasteiger partial charge in [0.25, 0.3) is 0 Å². The molecular formula is C20H14ClN3O2. The van der Waals surface area contributed by atoms with Crippen LogP contribution in [-0.4, -0.2) is 20.4 Å². The van der Waals surface area contributed by atoms with Crippen molar-refractivity contribution in [2.75, 3.05) is 0 Å². The molecule has 0 amide bonds. The van der Waals surface area contributed by atoms with Crippen molar-refractivity contribution < 1.29 is 9.53 Å². The normalized spacial score (nSPS) is 10.8. The molecule has 0 spiro atoms. The van der Waals surface area contributed by atoms with Gasteiger partial charge in [-0.15, -0.1) is 5.10 Å². The van der Waals surface area contributed by atoms with Crippen LogP contribution in [0.25, 0.3) is 16.9 Å². The van der Waals surface area contributed by atoms with Gasteiger partial charge in [-0.25, -0.2) is 9.50 Å². The number of Topliss-reactive ketones (excluding diaryl/α,β-unsaturated/α-hetero) is 1. The lowest BCUT2D eigenvalue weighted by Crippen LogP contribution is -1.98. The van der Waals surface area contributed by atoms with Crippen molar-refractivity contribution in [3.8, 4) is 22.9 Å². The Morgan fingerprint density at radius 3 is 2.73 bits per heavy atom. The number of aromatic nitrogens is 3. The Kier molecular flexibility index (Phi) is 4.14. The fourth-order valence-electron chi connectivity index (χ4n) is 2.66. The maximum Gasteiger partial charge on any atom is 0.237 e. The second-order valence-electron chi connectivity index (χ2n) is 5.78. The molecule has 128 valence electrons. The van der Waals surface area contributed by atoms with E-state index in [0.717, 1.165) is 11.3 Å². The smallest absolute Gasteiger partial charge is 0.237 e. The van der Waals surface area contributed by atoms with Crippen molar-refractivity contribution in [3.63, 3.8) is 0 Å². The fraction of sp³-hybridized carbons (Fsp3) is 0.0500. The van der Waals surface area contributed by atoms with E-state index in [9.17, 15) is 4.79 Å². The first-order valence-corrected chi connectivity index (χ1v) is 8.37. The number of hydrogen-bond donors (Lipinski definition) is 0. The molecular weight excluding hydrogens is 350 g/mol. The fourth-order valence-corrected chi connectivity index (χ4v) is 2.84. The molecule has 0 fully saturated rings. The maximum absolute atomic E-state index is 11.6. The molecule has 0 unspecified atom stereocenters. The maximum atomic E-state index is 11.6. The first-order chi connectivity index (χ1) is 12.6. The summed E-state index contributed by atoms with van der Waals surface area (Å²) in [7, 11) is 0. The molecule has 0 bridgehead atoms. The second-order valence-corrected chi connectivity index (χ2v) is 6.22. The molecule has 0 saturated carbocycles. The van der Waals surface area contributed by atoms with Gasteiger partial charge in [-0.05, 0) is 37.3 Å². The number of carbonyl (C=O) groups is 1. The number of benzene rings is 2. The number of imidazole rings is 1. The van der Waals surface area contributed by atoms with Crippen LogP contribution in [0, 0.1) is 0 Å². The van der Waals surface area contributed by atoms with E-state index in [1.165, 1.54) is 0 Å². The summed E-state index contributed by atoms with van der Waals surface area (Å²) in [6, 6.07) is 18.1. The standard InChI is InChI=1S/C20H14ClN3O2/c1-13(25)14-4-2-5-15(10-14)18-12-22-19-8-9-20(23-24(18)19)26-17-7-3-6-16(21)11-17/h2-12H,1H3. The third kappa shape index (κ3) is 3.17. The highest BCUT2D eigenvalue weighted by atomic mass is 35.5. The zero-order valence-electron chi connectivity index (χ0n) is 13.9.